The van der Waals surface area contributed by atoms with E-state index in [1.165, 1.54) is 30.3 Å². The molecule has 0 saturated heterocycles. The van der Waals surface area contributed by atoms with Crippen molar-refractivity contribution in [1.29, 1.82) is 0 Å². The van der Waals surface area contributed by atoms with Crippen LogP contribution in [0.5, 0.6) is 0 Å². The summed E-state index contributed by atoms with van der Waals surface area (Å²) < 4.78 is 0. The molecule has 1 aliphatic heterocycles. The summed E-state index contributed by atoms with van der Waals surface area (Å²) in [5.41, 5.74) is 1.12. The van der Waals surface area contributed by atoms with Crippen molar-refractivity contribution >= 4 is 47.1 Å². The van der Waals surface area contributed by atoms with Crippen molar-refractivity contribution < 1.29 is 19.2 Å². The maximum Gasteiger partial charge on any atom is 0.262 e. The molecule has 0 aliphatic carbocycles. The van der Waals surface area contributed by atoms with Gasteiger partial charge in [-0.05, 0) is 30.3 Å². The number of hydrogen-bond acceptors (Lipinski definition) is 6. The Hall–Kier alpha value is -4.30. The lowest BCUT2D eigenvalue weighted by Crippen LogP contribution is -2.43. The van der Waals surface area contributed by atoms with Crippen LogP contribution in [0.1, 0.15) is 36.6 Å². The number of fused-ring (bicyclic) bond motifs is 1. The minimum absolute atomic E-state index is 0.129. The van der Waals surface area contributed by atoms with Gasteiger partial charge in [0, 0.05) is 16.1 Å². The highest BCUT2D eigenvalue weighted by Gasteiger charge is 2.37. The smallest absolute Gasteiger partial charge is 0.262 e. The molecule has 0 atom stereocenters. The van der Waals surface area contributed by atoms with Gasteiger partial charge in [0.05, 0.1) is 16.8 Å². The van der Waals surface area contributed by atoms with E-state index in [2.05, 4.69) is 5.10 Å². The van der Waals surface area contributed by atoms with Gasteiger partial charge >= 0.3 is 0 Å². The molecule has 8 nitrogen and oxygen atoms in total. The number of hydrogen-bond donors (Lipinski definition) is 1. The molecule has 0 bridgehead atoms. The monoisotopic (exact) mass is 460 g/mol. The van der Waals surface area contributed by atoms with Gasteiger partial charge < -0.3 is 5.84 Å². The molecule has 0 aromatic heterocycles. The number of anilines is 1. The standard InChI is InChI=1S/C24H17ClN4O4/c25-16-10-11-20(19(12-16)22(31)15-6-2-1-3-7-15)29(14-27-26)21(30)13-28-23(32)17-8-4-5-9-18(17)24(28)33/h1-12,14H,13,26H2. The third-order valence-electron chi connectivity index (χ3n) is 5.12. The van der Waals surface area contributed by atoms with E-state index in [9.17, 15) is 19.2 Å². The predicted molar refractivity (Wildman–Crippen MR) is 123 cm³/mol. The average molecular weight is 461 g/mol. The number of nitrogens with zero attached hydrogens (tertiary/aromatic N) is 3. The van der Waals surface area contributed by atoms with E-state index in [0.29, 0.717) is 5.56 Å². The Kier molecular flexibility index (Phi) is 6.01. The van der Waals surface area contributed by atoms with Crippen LogP contribution >= 0.6 is 11.6 Å². The fraction of sp³-hybridized carbons (Fsp3) is 0.0417. The van der Waals surface area contributed by atoms with Crippen LogP contribution in [0.4, 0.5) is 5.69 Å². The minimum Gasteiger partial charge on any atom is -0.322 e. The van der Waals surface area contributed by atoms with Crippen LogP contribution in [-0.2, 0) is 4.79 Å². The second-order valence-corrected chi connectivity index (χ2v) is 7.56. The highest BCUT2D eigenvalue weighted by Crippen LogP contribution is 2.28. The van der Waals surface area contributed by atoms with Crippen molar-refractivity contribution in [2.75, 3.05) is 11.4 Å². The Bertz CT molecular complexity index is 1270. The number of amides is 3. The normalized spacial score (nSPS) is 12.8. The van der Waals surface area contributed by atoms with Crippen molar-refractivity contribution in [3.8, 4) is 0 Å². The molecular formula is C24H17ClN4O4. The van der Waals surface area contributed by atoms with E-state index in [-0.39, 0.29) is 33.2 Å². The number of hydrazone groups is 1. The Morgan fingerprint density at radius 3 is 2.15 bits per heavy atom. The molecule has 0 radical (unpaired) electrons. The third-order valence-corrected chi connectivity index (χ3v) is 5.36. The highest BCUT2D eigenvalue weighted by molar-refractivity contribution is 6.32. The van der Waals surface area contributed by atoms with E-state index in [1.54, 1.807) is 42.5 Å². The van der Waals surface area contributed by atoms with Gasteiger partial charge in [0.2, 0.25) is 0 Å². The Morgan fingerprint density at radius 1 is 0.939 bits per heavy atom. The van der Waals surface area contributed by atoms with Crippen molar-refractivity contribution in [2.24, 2.45) is 10.9 Å². The molecule has 4 rings (SSSR count). The zero-order valence-corrected chi connectivity index (χ0v) is 17.9. The molecule has 0 saturated carbocycles. The molecule has 9 heteroatoms. The molecule has 1 heterocycles. The number of benzene rings is 3. The maximum atomic E-state index is 13.2. The molecule has 3 aromatic carbocycles. The molecule has 33 heavy (non-hydrogen) atoms. The van der Waals surface area contributed by atoms with Crippen LogP contribution in [0, 0.1) is 0 Å². The van der Waals surface area contributed by atoms with Gasteiger partial charge in [-0.25, -0.2) is 0 Å². The van der Waals surface area contributed by atoms with Crippen molar-refractivity contribution in [3.63, 3.8) is 0 Å². The summed E-state index contributed by atoms with van der Waals surface area (Å²) in [5.74, 6) is 3.09. The lowest BCUT2D eigenvalue weighted by molar-refractivity contribution is -0.118. The lowest BCUT2D eigenvalue weighted by atomic mass is 10.0. The van der Waals surface area contributed by atoms with E-state index in [4.69, 9.17) is 17.4 Å². The second-order valence-electron chi connectivity index (χ2n) is 7.13. The largest absolute Gasteiger partial charge is 0.322 e. The average Bonchev–Trinajstić information content (AvgIpc) is 3.07. The van der Waals surface area contributed by atoms with Gasteiger partial charge in [0.25, 0.3) is 17.7 Å². The number of carbonyl (C=O) groups is 4. The molecule has 2 N–H and O–H groups in total. The van der Waals surface area contributed by atoms with Crippen molar-refractivity contribution in [2.45, 2.75) is 0 Å². The first-order valence-electron chi connectivity index (χ1n) is 9.82. The van der Waals surface area contributed by atoms with Crippen LogP contribution in [0.25, 0.3) is 0 Å². The van der Waals surface area contributed by atoms with Gasteiger partial charge in [0.1, 0.15) is 12.9 Å². The molecule has 3 aromatic rings. The molecule has 3 amide bonds. The van der Waals surface area contributed by atoms with E-state index >= 15 is 0 Å². The maximum absolute atomic E-state index is 13.2. The molecule has 164 valence electrons. The van der Waals surface area contributed by atoms with E-state index in [1.807, 2.05) is 0 Å². The number of carbonyl (C=O) groups excluding carboxylic acids is 4. The quantitative estimate of drug-likeness (QED) is 0.152. The molecule has 0 spiro atoms. The summed E-state index contributed by atoms with van der Waals surface area (Å²) >= 11 is 6.13. The fourth-order valence-corrected chi connectivity index (χ4v) is 3.74. The minimum atomic E-state index is -0.692. The number of nitrogens with two attached hydrogens (primary N) is 1. The molecule has 0 unspecified atom stereocenters. The fourth-order valence-electron chi connectivity index (χ4n) is 3.57. The highest BCUT2D eigenvalue weighted by atomic mass is 35.5. The Labute approximate surface area is 193 Å². The lowest BCUT2D eigenvalue weighted by Gasteiger charge is -2.23. The molecule has 1 aliphatic rings. The van der Waals surface area contributed by atoms with Gasteiger partial charge in [-0.1, -0.05) is 54.1 Å². The summed E-state index contributed by atoms with van der Waals surface area (Å²) in [4.78, 5) is 53.6. The van der Waals surface area contributed by atoms with Gasteiger partial charge in [-0.2, -0.15) is 5.10 Å². The third kappa shape index (κ3) is 4.11. The summed E-state index contributed by atoms with van der Waals surface area (Å²) in [6.45, 7) is -0.569. The Morgan fingerprint density at radius 2 is 1.55 bits per heavy atom. The summed E-state index contributed by atoms with van der Waals surface area (Å²) in [6, 6.07) is 19.2. The number of imide groups is 1. The van der Waals surface area contributed by atoms with Crippen LogP contribution in [-0.4, -0.2) is 41.3 Å². The van der Waals surface area contributed by atoms with Crippen LogP contribution in [0.3, 0.4) is 0 Å². The zero-order chi connectivity index (χ0) is 23.5. The summed E-state index contributed by atoms with van der Waals surface area (Å²) in [5, 5.41) is 3.72. The van der Waals surface area contributed by atoms with E-state index < -0.39 is 24.3 Å². The number of ketones is 1. The topological polar surface area (TPSA) is 113 Å². The molecular weight excluding hydrogens is 444 g/mol. The first-order chi connectivity index (χ1) is 15.9. The van der Waals surface area contributed by atoms with Gasteiger partial charge in [-0.3, -0.25) is 29.0 Å². The molecule has 0 fully saturated rings. The zero-order valence-electron chi connectivity index (χ0n) is 17.1. The number of halogens is 1. The predicted octanol–water partition coefficient (Wildman–Crippen LogP) is 3.10. The van der Waals surface area contributed by atoms with Gasteiger partial charge in [-0.15, -0.1) is 0 Å². The summed E-state index contributed by atoms with van der Waals surface area (Å²) in [6.07, 6.45) is 1.02. The first-order valence-corrected chi connectivity index (χ1v) is 10.2. The second kappa shape index (κ2) is 9.05. The number of rotatable bonds is 6. The summed E-state index contributed by atoms with van der Waals surface area (Å²) in [7, 11) is 0. The van der Waals surface area contributed by atoms with Crippen LogP contribution in [0.15, 0.2) is 77.9 Å². The van der Waals surface area contributed by atoms with E-state index in [0.717, 1.165) is 16.1 Å². The van der Waals surface area contributed by atoms with Crippen LogP contribution < -0.4 is 10.7 Å². The van der Waals surface area contributed by atoms with Crippen molar-refractivity contribution in [3.05, 3.63) is 100 Å². The van der Waals surface area contributed by atoms with Crippen molar-refractivity contribution in [1.82, 2.24) is 4.90 Å². The van der Waals surface area contributed by atoms with Gasteiger partial charge in [0.15, 0.2) is 5.78 Å². The first kappa shape index (κ1) is 21.9. The SMILES string of the molecule is NN=CN(C(=O)CN1C(=O)c2ccccc2C1=O)c1ccc(Cl)cc1C(=O)c1ccccc1. The Balaban J connectivity index is 1.69. The van der Waals surface area contributed by atoms with Crippen LogP contribution in [0.2, 0.25) is 5.02 Å².